The van der Waals surface area contributed by atoms with E-state index in [-0.39, 0.29) is 24.5 Å². The highest BCUT2D eigenvalue weighted by Gasteiger charge is 2.21. The van der Waals surface area contributed by atoms with Crippen molar-refractivity contribution in [3.8, 4) is 5.75 Å². The van der Waals surface area contributed by atoms with Gasteiger partial charge in [0.25, 0.3) is 0 Å². The zero-order valence-electron chi connectivity index (χ0n) is 9.60. The molecule has 1 rings (SSSR count). The first-order chi connectivity index (χ1) is 7.95. The van der Waals surface area contributed by atoms with E-state index < -0.39 is 10.9 Å². The minimum Gasteiger partial charge on any atom is -0.487 e. The van der Waals surface area contributed by atoms with Gasteiger partial charge in [-0.2, -0.15) is 0 Å². The van der Waals surface area contributed by atoms with E-state index in [1.165, 1.54) is 6.07 Å². The van der Waals surface area contributed by atoms with Gasteiger partial charge in [0.15, 0.2) is 0 Å². The number of aryl methyl sites for hydroxylation is 1. The molecule has 0 aliphatic heterocycles. The van der Waals surface area contributed by atoms with Crippen LogP contribution in [-0.2, 0) is 11.2 Å². The third kappa shape index (κ3) is 3.17. The lowest BCUT2D eigenvalue weighted by Crippen LogP contribution is -2.06. The SMILES string of the molecule is CCOc1c(CC(=O)O)cc(C)cc1[N+](=O)[O-]. The minimum absolute atomic E-state index is 0.0468. The van der Waals surface area contributed by atoms with Crippen LogP contribution in [-0.4, -0.2) is 22.6 Å². The molecular formula is C11H13NO5. The van der Waals surface area contributed by atoms with E-state index in [0.29, 0.717) is 11.1 Å². The number of nitrogens with zero attached hydrogens (tertiary/aromatic N) is 1. The van der Waals surface area contributed by atoms with Gasteiger partial charge < -0.3 is 9.84 Å². The van der Waals surface area contributed by atoms with Crippen molar-refractivity contribution in [3.05, 3.63) is 33.4 Å². The average molecular weight is 239 g/mol. The number of hydrogen-bond donors (Lipinski definition) is 1. The smallest absolute Gasteiger partial charge is 0.311 e. The Kier molecular flexibility index (Phi) is 4.03. The van der Waals surface area contributed by atoms with E-state index in [4.69, 9.17) is 9.84 Å². The minimum atomic E-state index is -1.05. The normalized spacial score (nSPS) is 10.0. The van der Waals surface area contributed by atoms with Crippen LogP contribution in [0.25, 0.3) is 0 Å². The monoisotopic (exact) mass is 239 g/mol. The summed E-state index contributed by atoms with van der Waals surface area (Å²) in [5.41, 5.74) is 0.769. The summed E-state index contributed by atoms with van der Waals surface area (Å²) in [6, 6.07) is 2.96. The fourth-order valence-electron chi connectivity index (χ4n) is 1.57. The number of nitro benzene ring substituents is 1. The Bertz CT molecular complexity index is 455. The van der Waals surface area contributed by atoms with Crippen molar-refractivity contribution in [3.63, 3.8) is 0 Å². The second kappa shape index (κ2) is 5.29. The predicted molar refractivity (Wildman–Crippen MR) is 60.3 cm³/mol. The molecule has 92 valence electrons. The van der Waals surface area contributed by atoms with E-state index >= 15 is 0 Å². The summed E-state index contributed by atoms with van der Waals surface area (Å²) in [6.07, 6.45) is -0.294. The molecule has 0 radical (unpaired) electrons. The summed E-state index contributed by atoms with van der Waals surface area (Å²) < 4.78 is 5.18. The second-order valence-electron chi connectivity index (χ2n) is 3.53. The van der Waals surface area contributed by atoms with Crippen molar-refractivity contribution in [2.24, 2.45) is 0 Å². The fourth-order valence-corrected chi connectivity index (χ4v) is 1.57. The number of hydrogen-bond acceptors (Lipinski definition) is 4. The summed E-state index contributed by atoms with van der Waals surface area (Å²) in [4.78, 5) is 21.0. The lowest BCUT2D eigenvalue weighted by Gasteiger charge is -2.10. The van der Waals surface area contributed by atoms with Gasteiger partial charge in [0.05, 0.1) is 18.0 Å². The predicted octanol–water partition coefficient (Wildman–Crippen LogP) is 1.93. The van der Waals surface area contributed by atoms with Gasteiger partial charge >= 0.3 is 11.7 Å². The molecule has 0 spiro atoms. The van der Waals surface area contributed by atoms with Crippen molar-refractivity contribution >= 4 is 11.7 Å². The zero-order chi connectivity index (χ0) is 13.0. The molecule has 0 atom stereocenters. The maximum Gasteiger partial charge on any atom is 0.311 e. The molecule has 0 saturated heterocycles. The first kappa shape index (κ1) is 13.0. The van der Waals surface area contributed by atoms with Crippen molar-refractivity contribution in [1.82, 2.24) is 0 Å². The van der Waals surface area contributed by atoms with Gasteiger partial charge in [0.1, 0.15) is 0 Å². The van der Waals surface area contributed by atoms with Crippen LogP contribution in [0.1, 0.15) is 18.1 Å². The summed E-state index contributed by atoms with van der Waals surface area (Å²) in [5.74, 6) is -1.00. The van der Waals surface area contributed by atoms with Crippen molar-refractivity contribution in [1.29, 1.82) is 0 Å². The number of benzene rings is 1. The average Bonchev–Trinajstić information content (AvgIpc) is 2.20. The molecule has 0 fully saturated rings. The molecule has 0 bridgehead atoms. The Hall–Kier alpha value is -2.11. The van der Waals surface area contributed by atoms with Crippen LogP contribution in [0.2, 0.25) is 0 Å². The quantitative estimate of drug-likeness (QED) is 0.626. The molecule has 0 aromatic heterocycles. The highest BCUT2D eigenvalue weighted by Crippen LogP contribution is 2.32. The topological polar surface area (TPSA) is 89.7 Å². The molecule has 0 saturated carbocycles. The standard InChI is InChI=1S/C11H13NO5/c1-3-17-11-8(6-10(13)14)4-7(2)5-9(11)12(15)16/h4-5H,3,6H2,1-2H3,(H,13,14). The van der Waals surface area contributed by atoms with Gasteiger partial charge in [-0.15, -0.1) is 0 Å². The Morgan fingerprint density at radius 2 is 2.18 bits per heavy atom. The fraction of sp³-hybridized carbons (Fsp3) is 0.364. The van der Waals surface area contributed by atoms with Crippen molar-refractivity contribution < 1.29 is 19.6 Å². The summed E-state index contributed by atoms with van der Waals surface area (Å²) in [5, 5.41) is 19.6. The van der Waals surface area contributed by atoms with Crippen LogP contribution in [0.4, 0.5) is 5.69 Å². The largest absolute Gasteiger partial charge is 0.487 e. The second-order valence-corrected chi connectivity index (χ2v) is 3.53. The van der Waals surface area contributed by atoms with Gasteiger partial charge in [-0.05, 0) is 19.4 Å². The molecule has 17 heavy (non-hydrogen) atoms. The molecule has 0 unspecified atom stereocenters. The number of aliphatic carboxylic acids is 1. The number of carbonyl (C=O) groups is 1. The molecule has 1 N–H and O–H groups in total. The number of ether oxygens (including phenoxy) is 1. The van der Waals surface area contributed by atoms with Gasteiger partial charge in [-0.25, -0.2) is 0 Å². The lowest BCUT2D eigenvalue weighted by atomic mass is 10.1. The molecule has 0 heterocycles. The molecule has 0 aliphatic carbocycles. The van der Waals surface area contributed by atoms with Crippen LogP contribution < -0.4 is 4.74 Å². The Balaban J connectivity index is 3.34. The number of carboxylic acid groups (broad SMARTS) is 1. The Morgan fingerprint density at radius 1 is 1.53 bits per heavy atom. The van der Waals surface area contributed by atoms with Gasteiger partial charge in [0.2, 0.25) is 5.75 Å². The zero-order valence-corrected chi connectivity index (χ0v) is 9.60. The highest BCUT2D eigenvalue weighted by atomic mass is 16.6. The van der Waals surface area contributed by atoms with Gasteiger partial charge in [-0.3, -0.25) is 14.9 Å². The molecule has 0 aliphatic rings. The van der Waals surface area contributed by atoms with Crippen LogP contribution in [0.15, 0.2) is 12.1 Å². The third-order valence-electron chi connectivity index (χ3n) is 2.12. The highest BCUT2D eigenvalue weighted by molar-refractivity contribution is 5.73. The van der Waals surface area contributed by atoms with E-state index in [9.17, 15) is 14.9 Å². The molecule has 1 aromatic carbocycles. The summed E-state index contributed by atoms with van der Waals surface area (Å²) in [6.45, 7) is 3.61. The van der Waals surface area contributed by atoms with E-state index in [1.54, 1.807) is 19.9 Å². The third-order valence-corrected chi connectivity index (χ3v) is 2.12. The summed E-state index contributed by atoms with van der Waals surface area (Å²) in [7, 11) is 0. The number of carboxylic acids is 1. The van der Waals surface area contributed by atoms with Crippen molar-refractivity contribution in [2.75, 3.05) is 6.61 Å². The summed E-state index contributed by atoms with van der Waals surface area (Å²) >= 11 is 0. The van der Waals surface area contributed by atoms with E-state index in [0.717, 1.165) is 0 Å². The van der Waals surface area contributed by atoms with Crippen LogP contribution in [0.3, 0.4) is 0 Å². The van der Waals surface area contributed by atoms with Crippen molar-refractivity contribution in [2.45, 2.75) is 20.3 Å². The first-order valence-electron chi connectivity index (χ1n) is 5.08. The Morgan fingerprint density at radius 3 is 2.65 bits per heavy atom. The number of nitro groups is 1. The van der Waals surface area contributed by atoms with Gasteiger partial charge in [0, 0.05) is 11.6 Å². The van der Waals surface area contributed by atoms with Crippen LogP contribution in [0, 0.1) is 17.0 Å². The molecular weight excluding hydrogens is 226 g/mol. The van der Waals surface area contributed by atoms with Gasteiger partial charge in [-0.1, -0.05) is 6.07 Å². The molecule has 0 amide bonds. The van der Waals surface area contributed by atoms with E-state index in [1.807, 2.05) is 0 Å². The number of rotatable bonds is 5. The Labute approximate surface area is 98.0 Å². The van der Waals surface area contributed by atoms with E-state index in [2.05, 4.69) is 0 Å². The first-order valence-corrected chi connectivity index (χ1v) is 5.08. The lowest BCUT2D eigenvalue weighted by molar-refractivity contribution is -0.386. The molecule has 6 heteroatoms. The maximum absolute atomic E-state index is 10.9. The molecule has 6 nitrogen and oxygen atoms in total. The maximum atomic E-state index is 10.9. The van der Waals surface area contributed by atoms with Crippen LogP contribution in [0.5, 0.6) is 5.75 Å². The van der Waals surface area contributed by atoms with Crippen LogP contribution >= 0.6 is 0 Å². The molecule has 1 aromatic rings.